The van der Waals surface area contributed by atoms with E-state index in [1.165, 1.54) is 11.3 Å². The second kappa shape index (κ2) is 7.70. The van der Waals surface area contributed by atoms with E-state index in [2.05, 4.69) is 26.4 Å². The molecule has 0 radical (unpaired) electrons. The van der Waals surface area contributed by atoms with Crippen molar-refractivity contribution in [2.75, 3.05) is 13.1 Å². The van der Waals surface area contributed by atoms with Gasteiger partial charge in [-0.3, -0.25) is 14.4 Å². The Morgan fingerprint density at radius 3 is 3.17 bits per heavy atom. The molecule has 1 aliphatic rings. The first-order valence-corrected chi connectivity index (χ1v) is 8.99. The van der Waals surface area contributed by atoms with Crippen molar-refractivity contribution in [2.24, 2.45) is 0 Å². The zero-order valence-electron chi connectivity index (χ0n) is 13.4. The molecule has 124 valence electrons. The van der Waals surface area contributed by atoms with Crippen LogP contribution in [0.25, 0.3) is 0 Å². The summed E-state index contributed by atoms with van der Waals surface area (Å²) in [4.78, 5) is 19.8. The van der Waals surface area contributed by atoms with E-state index in [-0.39, 0.29) is 11.9 Å². The average molecular weight is 333 g/mol. The van der Waals surface area contributed by atoms with Crippen molar-refractivity contribution in [3.05, 3.63) is 35.0 Å². The van der Waals surface area contributed by atoms with Crippen molar-refractivity contribution >= 4 is 17.2 Å². The van der Waals surface area contributed by atoms with E-state index in [1.807, 2.05) is 23.1 Å². The van der Waals surface area contributed by atoms with Gasteiger partial charge < -0.3 is 5.32 Å². The van der Waals surface area contributed by atoms with Crippen LogP contribution in [0.2, 0.25) is 0 Å². The molecule has 2 aromatic rings. The zero-order valence-corrected chi connectivity index (χ0v) is 14.2. The molecule has 0 spiro atoms. The third kappa shape index (κ3) is 4.39. The van der Waals surface area contributed by atoms with Crippen LogP contribution >= 0.6 is 11.3 Å². The van der Waals surface area contributed by atoms with Crippen LogP contribution in [0.4, 0.5) is 0 Å². The van der Waals surface area contributed by atoms with Crippen LogP contribution in [-0.4, -0.2) is 44.7 Å². The quantitative estimate of drug-likeness (QED) is 0.879. The highest BCUT2D eigenvalue weighted by Crippen LogP contribution is 2.20. The van der Waals surface area contributed by atoms with Gasteiger partial charge in [-0.05, 0) is 37.8 Å². The lowest BCUT2D eigenvalue weighted by Crippen LogP contribution is -2.47. The summed E-state index contributed by atoms with van der Waals surface area (Å²) in [6.07, 6.45) is 6.77. The molecule has 0 unspecified atom stereocenters. The minimum Gasteiger partial charge on any atom is -0.348 e. The lowest BCUT2D eigenvalue weighted by atomic mass is 10.0. The van der Waals surface area contributed by atoms with Crippen LogP contribution < -0.4 is 5.32 Å². The third-order valence-electron chi connectivity index (χ3n) is 4.31. The molecular weight excluding hydrogens is 310 g/mol. The number of hydrogen-bond acceptors (Lipinski definition) is 5. The third-order valence-corrected chi connectivity index (χ3v) is 5.36. The molecule has 23 heavy (non-hydrogen) atoms. The lowest BCUT2D eigenvalue weighted by molar-refractivity contribution is -0.123. The van der Waals surface area contributed by atoms with Gasteiger partial charge in [0.2, 0.25) is 5.91 Å². The molecule has 3 heterocycles. The van der Waals surface area contributed by atoms with Crippen LogP contribution in [0.1, 0.15) is 37.1 Å². The van der Waals surface area contributed by atoms with Crippen molar-refractivity contribution in [2.45, 2.75) is 44.8 Å². The second-order valence-corrected chi connectivity index (χ2v) is 7.02. The molecule has 0 aromatic carbocycles. The number of likely N-dealkylation sites (tertiary alicyclic amines) is 1. The summed E-state index contributed by atoms with van der Waals surface area (Å²) in [5, 5.41) is 9.33. The average Bonchev–Trinajstić information content (AvgIpc) is 3.22. The van der Waals surface area contributed by atoms with Gasteiger partial charge in [0.15, 0.2) is 0 Å². The van der Waals surface area contributed by atoms with Gasteiger partial charge in [0.25, 0.3) is 0 Å². The van der Waals surface area contributed by atoms with E-state index in [0.29, 0.717) is 12.6 Å². The Labute approximate surface area is 140 Å². The molecule has 6 nitrogen and oxygen atoms in total. The molecule has 0 saturated carbocycles. The number of amides is 1. The topological polar surface area (TPSA) is 63.1 Å². The Hall–Kier alpha value is -1.73. The first kappa shape index (κ1) is 16.1. The Balaban J connectivity index is 1.54. The smallest absolute Gasteiger partial charge is 0.234 e. The first-order valence-electron chi connectivity index (χ1n) is 8.11. The fourth-order valence-corrected chi connectivity index (χ4v) is 3.83. The van der Waals surface area contributed by atoms with Crippen LogP contribution in [0.5, 0.6) is 0 Å². The Morgan fingerprint density at radius 2 is 2.43 bits per heavy atom. The molecular formula is C16H23N5OS. The number of carbonyl (C=O) groups excluding carboxylic acids is 1. The molecule has 1 fully saturated rings. The normalized spacial score (nSPS) is 20.3. The summed E-state index contributed by atoms with van der Waals surface area (Å²) < 4.78 is 1.86. The maximum Gasteiger partial charge on any atom is 0.234 e. The maximum atomic E-state index is 12.4. The van der Waals surface area contributed by atoms with E-state index in [4.69, 9.17) is 0 Å². The Morgan fingerprint density at radius 1 is 1.52 bits per heavy atom. The van der Waals surface area contributed by atoms with E-state index in [1.54, 1.807) is 24.0 Å². The van der Waals surface area contributed by atoms with E-state index < -0.39 is 0 Å². The van der Waals surface area contributed by atoms with Gasteiger partial charge in [-0.1, -0.05) is 12.5 Å². The van der Waals surface area contributed by atoms with Crippen LogP contribution in [0.15, 0.2) is 30.2 Å². The summed E-state index contributed by atoms with van der Waals surface area (Å²) in [7, 11) is 0. The summed E-state index contributed by atoms with van der Waals surface area (Å²) in [6, 6.07) is 4.50. The van der Waals surface area contributed by atoms with Crippen molar-refractivity contribution in [1.29, 1.82) is 0 Å². The number of carbonyl (C=O) groups is 1. The minimum atomic E-state index is 0.0704. The van der Waals surface area contributed by atoms with Crippen molar-refractivity contribution < 1.29 is 4.79 Å². The highest BCUT2D eigenvalue weighted by molar-refractivity contribution is 7.10. The number of nitrogens with one attached hydrogen (secondary N) is 1. The lowest BCUT2D eigenvalue weighted by Gasteiger charge is -2.35. The molecule has 2 aromatic heterocycles. The molecule has 0 bridgehead atoms. The van der Waals surface area contributed by atoms with Gasteiger partial charge in [-0.15, -0.1) is 11.3 Å². The maximum absolute atomic E-state index is 12.4. The fourth-order valence-electron chi connectivity index (χ4n) is 3.10. The molecule has 1 amide bonds. The van der Waals surface area contributed by atoms with Crippen molar-refractivity contribution in [1.82, 2.24) is 25.0 Å². The largest absolute Gasteiger partial charge is 0.348 e. The van der Waals surface area contributed by atoms with Crippen LogP contribution in [-0.2, 0) is 11.3 Å². The van der Waals surface area contributed by atoms with Gasteiger partial charge in [-0.2, -0.15) is 5.10 Å². The predicted octanol–water partition coefficient (Wildman–Crippen LogP) is 2.07. The second-order valence-electron chi connectivity index (χ2n) is 6.04. The highest BCUT2D eigenvalue weighted by atomic mass is 32.1. The first-order chi connectivity index (χ1) is 11.2. The van der Waals surface area contributed by atoms with Gasteiger partial charge in [-0.25, -0.2) is 4.98 Å². The molecule has 0 aliphatic carbocycles. The van der Waals surface area contributed by atoms with Gasteiger partial charge >= 0.3 is 0 Å². The number of hydrogen-bond donors (Lipinski definition) is 1. The van der Waals surface area contributed by atoms with Gasteiger partial charge in [0, 0.05) is 10.9 Å². The molecule has 3 rings (SSSR count). The van der Waals surface area contributed by atoms with E-state index in [0.717, 1.165) is 25.9 Å². The van der Waals surface area contributed by atoms with Crippen molar-refractivity contribution in [3.8, 4) is 0 Å². The predicted molar refractivity (Wildman–Crippen MR) is 90.1 cm³/mol. The molecule has 1 saturated heterocycles. The Kier molecular flexibility index (Phi) is 5.40. The summed E-state index contributed by atoms with van der Waals surface area (Å²) in [6.45, 7) is 4.26. The molecule has 1 aliphatic heterocycles. The molecule has 2 atom stereocenters. The monoisotopic (exact) mass is 333 g/mol. The van der Waals surface area contributed by atoms with Crippen LogP contribution in [0, 0.1) is 0 Å². The SMILES string of the molecule is C[C@H](NC(=O)CN1CCCC[C@@H]1Cn1cncn1)c1cccs1. The summed E-state index contributed by atoms with van der Waals surface area (Å²) in [5.41, 5.74) is 0. The number of nitrogens with zero attached hydrogens (tertiary/aromatic N) is 4. The Bertz CT molecular complexity index is 598. The molecule has 1 N–H and O–H groups in total. The van der Waals surface area contributed by atoms with Gasteiger partial charge in [0.1, 0.15) is 12.7 Å². The highest BCUT2D eigenvalue weighted by Gasteiger charge is 2.25. The zero-order chi connectivity index (χ0) is 16.1. The number of thiophene rings is 1. The fraction of sp³-hybridized carbons (Fsp3) is 0.562. The standard InChI is InChI=1S/C16H23N5OS/c1-13(15-6-4-8-23-15)19-16(22)10-20-7-3-2-5-14(20)9-21-12-17-11-18-21/h4,6,8,11-14H,2-3,5,7,9-10H2,1H3,(H,19,22)/t13-,14+/m0/s1. The summed E-state index contributed by atoms with van der Waals surface area (Å²) in [5.74, 6) is 0.0939. The van der Waals surface area contributed by atoms with Gasteiger partial charge in [0.05, 0.1) is 19.1 Å². The summed E-state index contributed by atoms with van der Waals surface area (Å²) >= 11 is 1.68. The van der Waals surface area contributed by atoms with Crippen molar-refractivity contribution in [3.63, 3.8) is 0 Å². The van der Waals surface area contributed by atoms with E-state index >= 15 is 0 Å². The molecule has 7 heteroatoms. The number of rotatable bonds is 6. The van der Waals surface area contributed by atoms with Crippen LogP contribution in [0.3, 0.4) is 0 Å². The number of piperidine rings is 1. The minimum absolute atomic E-state index is 0.0704. The van der Waals surface area contributed by atoms with E-state index in [9.17, 15) is 4.79 Å². The number of aromatic nitrogens is 3.